The Balaban J connectivity index is 1.48. The van der Waals surface area contributed by atoms with Crippen molar-refractivity contribution in [1.82, 2.24) is 0 Å². The molecule has 1 aromatic carbocycles. The topological polar surface area (TPSA) is 83.6 Å². The fraction of sp³-hybridized carbons (Fsp3) is 0.538. The number of esters is 2. The van der Waals surface area contributed by atoms with E-state index in [9.17, 15) is 9.59 Å². The first-order valence-corrected chi connectivity index (χ1v) is 11.5. The highest BCUT2D eigenvalue weighted by molar-refractivity contribution is 5.91. The minimum atomic E-state index is -0.833. The van der Waals surface area contributed by atoms with Gasteiger partial charge in [0.15, 0.2) is 6.10 Å². The molecule has 0 saturated carbocycles. The van der Waals surface area contributed by atoms with E-state index in [-0.39, 0.29) is 42.9 Å². The van der Waals surface area contributed by atoms with Gasteiger partial charge in [-0.2, -0.15) is 0 Å². The zero-order valence-corrected chi connectivity index (χ0v) is 19.5. The summed E-state index contributed by atoms with van der Waals surface area (Å²) < 4.78 is 28.2. The van der Waals surface area contributed by atoms with Crippen molar-refractivity contribution in [2.45, 2.75) is 63.4 Å². The van der Waals surface area contributed by atoms with Gasteiger partial charge in [0, 0.05) is 11.5 Å². The molecule has 7 heteroatoms. The van der Waals surface area contributed by atoms with E-state index in [0.717, 1.165) is 24.8 Å². The van der Waals surface area contributed by atoms with E-state index in [0.29, 0.717) is 23.3 Å². The Hall–Kier alpha value is -2.64. The fourth-order valence-electron chi connectivity index (χ4n) is 4.74. The van der Waals surface area contributed by atoms with Crippen molar-refractivity contribution < 1.29 is 33.3 Å². The second-order valence-electron chi connectivity index (χ2n) is 9.01. The van der Waals surface area contributed by atoms with Crippen LogP contribution in [0.4, 0.5) is 0 Å². The van der Waals surface area contributed by atoms with Crippen LogP contribution in [0, 0.1) is 5.92 Å². The van der Waals surface area contributed by atoms with Crippen LogP contribution in [-0.2, 0) is 28.5 Å². The average molecular weight is 457 g/mol. The summed E-state index contributed by atoms with van der Waals surface area (Å²) in [5.74, 6) is -0.124. The van der Waals surface area contributed by atoms with E-state index >= 15 is 0 Å². The van der Waals surface area contributed by atoms with E-state index in [1.807, 2.05) is 12.1 Å². The van der Waals surface area contributed by atoms with E-state index in [2.05, 4.69) is 19.6 Å². The van der Waals surface area contributed by atoms with Gasteiger partial charge in [0.05, 0.1) is 25.9 Å². The number of rotatable bonds is 7. The van der Waals surface area contributed by atoms with Crippen LogP contribution < -0.4 is 4.74 Å². The van der Waals surface area contributed by atoms with Crippen LogP contribution in [0.25, 0.3) is 0 Å². The summed E-state index contributed by atoms with van der Waals surface area (Å²) in [5.41, 5.74) is 2.01. The summed E-state index contributed by atoms with van der Waals surface area (Å²) in [5, 5.41) is 0. The molecule has 0 radical (unpaired) electrons. The summed E-state index contributed by atoms with van der Waals surface area (Å²) in [6, 6.07) is 7.21. The number of fused-ring (bicyclic) bond motifs is 3. The summed E-state index contributed by atoms with van der Waals surface area (Å²) in [4.78, 5) is 24.8. The van der Waals surface area contributed by atoms with Crippen molar-refractivity contribution in [3.63, 3.8) is 0 Å². The van der Waals surface area contributed by atoms with E-state index in [1.165, 1.54) is 0 Å². The minimum absolute atomic E-state index is 0.0693. The molecule has 1 aromatic rings. The van der Waals surface area contributed by atoms with Crippen LogP contribution in [0.15, 0.2) is 48.1 Å². The molecule has 1 unspecified atom stereocenters. The molecule has 0 aromatic heterocycles. The van der Waals surface area contributed by atoms with Gasteiger partial charge in [0.1, 0.15) is 18.0 Å². The maximum absolute atomic E-state index is 12.6. The summed E-state index contributed by atoms with van der Waals surface area (Å²) in [7, 11) is 1.59. The third kappa shape index (κ3) is 4.99. The van der Waals surface area contributed by atoms with Crippen LogP contribution in [0.5, 0.6) is 5.75 Å². The molecule has 2 fully saturated rings. The van der Waals surface area contributed by atoms with Gasteiger partial charge >= 0.3 is 11.9 Å². The van der Waals surface area contributed by atoms with Crippen molar-refractivity contribution in [2.75, 3.05) is 20.3 Å². The number of hydrogen-bond acceptors (Lipinski definition) is 7. The predicted molar refractivity (Wildman–Crippen MR) is 121 cm³/mol. The first-order chi connectivity index (χ1) is 15.9. The zero-order valence-electron chi connectivity index (χ0n) is 19.5. The first-order valence-electron chi connectivity index (χ1n) is 11.5. The highest BCUT2D eigenvalue weighted by atomic mass is 16.6. The summed E-state index contributed by atoms with van der Waals surface area (Å²) in [6.45, 7) is 8.37. The normalized spacial score (nSPS) is 31.4. The Kier molecular flexibility index (Phi) is 6.91. The molecule has 33 heavy (non-hydrogen) atoms. The van der Waals surface area contributed by atoms with Gasteiger partial charge in [-0.25, -0.2) is 9.59 Å². The van der Waals surface area contributed by atoms with Crippen molar-refractivity contribution in [1.29, 1.82) is 0 Å². The molecule has 178 valence electrons. The largest absolute Gasteiger partial charge is 0.497 e. The second-order valence-corrected chi connectivity index (χ2v) is 9.01. The van der Waals surface area contributed by atoms with E-state index in [4.69, 9.17) is 23.7 Å². The molecule has 2 aliphatic heterocycles. The Bertz CT molecular complexity index is 934. The Labute approximate surface area is 194 Å². The number of epoxide rings is 1. The Morgan fingerprint density at radius 1 is 1.30 bits per heavy atom. The van der Waals surface area contributed by atoms with Crippen molar-refractivity contribution in [3.8, 4) is 5.75 Å². The SMILES string of the molecule is C=C1C(=O)O[C@@H]2[C@@H]1CC/C(COC(C(=O)OCC)c1ccc(OC)cc1)=C/CC[C@]1(C)O[C@H]21. The van der Waals surface area contributed by atoms with Gasteiger partial charge in [0.25, 0.3) is 0 Å². The van der Waals surface area contributed by atoms with Crippen LogP contribution in [-0.4, -0.2) is 50.1 Å². The first kappa shape index (κ1) is 23.5. The molecule has 4 rings (SSSR count). The lowest BCUT2D eigenvalue weighted by molar-refractivity contribution is -0.156. The Morgan fingerprint density at radius 3 is 2.76 bits per heavy atom. The van der Waals surface area contributed by atoms with Gasteiger partial charge < -0.3 is 23.7 Å². The lowest BCUT2D eigenvalue weighted by atomic mass is 9.84. The molecule has 3 aliphatic rings. The molecular weight excluding hydrogens is 424 g/mol. The Morgan fingerprint density at radius 2 is 2.06 bits per heavy atom. The molecule has 7 nitrogen and oxygen atoms in total. The number of ether oxygens (including phenoxy) is 5. The van der Waals surface area contributed by atoms with Crippen molar-refractivity contribution >= 4 is 11.9 Å². The zero-order chi connectivity index (χ0) is 23.6. The highest BCUT2D eigenvalue weighted by Gasteiger charge is 2.61. The molecule has 0 N–H and O–H groups in total. The molecule has 2 heterocycles. The molecule has 1 aliphatic carbocycles. The summed E-state index contributed by atoms with van der Waals surface area (Å²) >= 11 is 0. The van der Waals surface area contributed by atoms with Gasteiger partial charge in [-0.15, -0.1) is 0 Å². The van der Waals surface area contributed by atoms with Crippen LogP contribution >= 0.6 is 0 Å². The van der Waals surface area contributed by atoms with Gasteiger partial charge in [-0.05, 0) is 62.8 Å². The number of carbonyl (C=O) groups is 2. The molecule has 0 amide bonds. The predicted octanol–water partition coefficient (Wildman–Crippen LogP) is 4.07. The molecule has 5 atom stereocenters. The lowest BCUT2D eigenvalue weighted by Crippen LogP contribution is -2.29. The lowest BCUT2D eigenvalue weighted by Gasteiger charge is -2.21. The summed E-state index contributed by atoms with van der Waals surface area (Å²) in [6.07, 6.45) is 4.08. The maximum Gasteiger partial charge on any atom is 0.339 e. The van der Waals surface area contributed by atoms with Gasteiger partial charge in [-0.3, -0.25) is 0 Å². The third-order valence-electron chi connectivity index (χ3n) is 6.79. The van der Waals surface area contributed by atoms with Crippen molar-refractivity contribution in [2.24, 2.45) is 5.92 Å². The molecule has 0 spiro atoms. The maximum atomic E-state index is 12.6. The van der Waals surface area contributed by atoms with Crippen LogP contribution in [0.2, 0.25) is 0 Å². The molecule has 0 bridgehead atoms. The number of carbonyl (C=O) groups excluding carboxylic acids is 2. The highest BCUT2D eigenvalue weighted by Crippen LogP contribution is 2.49. The third-order valence-corrected chi connectivity index (χ3v) is 6.79. The number of allylic oxidation sites excluding steroid dienone is 1. The van der Waals surface area contributed by atoms with E-state index < -0.39 is 12.1 Å². The number of hydrogen-bond donors (Lipinski definition) is 0. The van der Waals surface area contributed by atoms with Crippen molar-refractivity contribution in [3.05, 3.63) is 53.6 Å². The molecule has 2 saturated heterocycles. The monoisotopic (exact) mass is 456 g/mol. The quantitative estimate of drug-likeness (QED) is 0.265. The van der Waals surface area contributed by atoms with Crippen LogP contribution in [0.1, 0.15) is 51.2 Å². The standard InChI is InChI=1S/C26H32O7/c1-5-30-25(28)21(18-9-11-19(29-4)12-10-18)31-15-17-7-6-14-26(3)23(33-26)22-20(13-8-17)16(2)24(27)32-22/h7,9-12,20-23H,2,5-6,8,13-15H2,1,3-4H3/b17-7-/t20-,21?,22-,23-,26+/m1/s1. The second kappa shape index (κ2) is 9.69. The van der Waals surface area contributed by atoms with Gasteiger partial charge in [-0.1, -0.05) is 24.8 Å². The minimum Gasteiger partial charge on any atom is -0.497 e. The van der Waals surface area contributed by atoms with E-state index in [1.54, 1.807) is 26.2 Å². The smallest absolute Gasteiger partial charge is 0.339 e. The fourth-order valence-corrected chi connectivity index (χ4v) is 4.74. The molecular formula is C26H32O7. The van der Waals surface area contributed by atoms with Crippen LogP contribution in [0.3, 0.4) is 0 Å². The average Bonchev–Trinajstić information content (AvgIpc) is 3.40. The number of benzene rings is 1. The number of methoxy groups -OCH3 is 1. The van der Waals surface area contributed by atoms with Gasteiger partial charge in [0.2, 0.25) is 0 Å².